The molecular formula is C21H21NO5. The summed E-state index contributed by atoms with van der Waals surface area (Å²) in [6, 6.07) is 17.0. The van der Waals surface area contributed by atoms with Gasteiger partial charge in [-0.2, -0.15) is 0 Å². The van der Waals surface area contributed by atoms with Crippen molar-refractivity contribution < 1.29 is 23.9 Å². The van der Waals surface area contributed by atoms with Gasteiger partial charge in [-0.3, -0.25) is 4.79 Å². The first-order valence-corrected chi connectivity index (χ1v) is 8.31. The highest BCUT2D eigenvalue weighted by Crippen LogP contribution is 2.29. The minimum absolute atomic E-state index is 0.0372. The highest BCUT2D eigenvalue weighted by Gasteiger charge is 2.45. The second-order valence-corrected chi connectivity index (χ2v) is 5.74. The Balaban J connectivity index is 2.47. The lowest BCUT2D eigenvalue weighted by atomic mass is 9.83. The molecule has 0 saturated carbocycles. The summed E-state index contributed by atoms with van der Waals surface area (Å²) in [4.78, 5) is 37.8. The maximum absolute atomic E-state index is 12.8. The summed E-state index contributed by atoms with van der Waals surface area (Å²) in [7, 11) is 1.20. The molecule has 2 aromatic carbocycles. The van der Waals surface area contributed by atoms with E-state index in [0.717, 1.165) is 0 Å². The van der Waals surface area contributed by atoms with Crippen LogP contribution < -0.4 is 5.32 Å². The molecule has 0 aromatic heterocycles. The van der Waals surface area contributed by atoms with Crippen molar-refractivity contribution in [2.45, 2.75) is 12.0 Å². The number of ketones is 1. The summed E-state index contributed by atoms with van der Waals surface area (Å²) in [5.74, 6) is -1.09. The van der Waals surface area contributed by atoms with E-state index in [-0.39, 0.29) is 18.8 Å². The van der Waals surface area contributed by atoms with Gasteiger partial charge in [0.15, 0.2) is 11.3 Å². The zero-order valence-corrected chi connectivity index (χ0v) is 15.0. The van der Waals surface area contributed by atoms with E-state index >= 15 is 0 Å². The van der Waals surface area contributed by atoms with Gasteiger partial charge in [-0.25, -0.2) is 9.59 Å². The number of nitrogens with one attached hydrogen (secondary N) is 1. The Morgan fingerprint density at radius 2 is 1.63 bits per heavy atom. The first-order chi connectivity index (χ1) is 13.0. The van der Waals surface area contributed by atoms with E-state index in [0.29, 0.717) is 11.1 Å². The number of amides is 1. The number of hydrogen-bond donors (Lipinski definition) is 1. The van der Waals surface area contributed by atoms with Crippen LogP contribution in [-0.4, -0.2) is 31.6 Å². The molecule has 0 aliphatic rings. The van der Waals surface area contributed by atoms with Crippen LogP contribution in [0.15, 0.2) is 73.3 Å². The quantitative estimate of drug-likeness (QED) is 0.440. The molecule has 6 nitrogen and oxygen atoms in total. The third-order valence-corrected chi connectivity index (χ3v) is 3.97. The van der Waals surface area contributed by atoms with Crippen LogP contribution in [0.25, 0.3) is 0 Å². The molecule has 27 heavy (non-hydrogen) atoms. The Labute approximate surface area is 157 Å². The standard InChI is InChI=1S/C21H21NO5/c1-3-14-27-20(25)22-21(19(24)26-2,17-12-8-5-9-13-17)15-18(23)16-10-6-4-7-11-16/h3-13H,1,14-15H2,2H3,(H,22,25)/t21-/m0/s1. The van der Waals surface area contributed by atoms with Gasteiger partial charge < -0.3 is 14.8 Å². The van der Waals surface area contributed by atoms with Crippen molar-refractivity contribution in [2.75, 3.05) is 13.7 Å². The van der Waals surface area contributed by atoms with Crippen molar-refractivity contribution in [3.05, 3.63) is 84.4 Å². The van der Waals surface area contributed by atoms with Gasteiger partial charge in [-0.15, -0.1) is 0 Å². The molecule has 1 N–H and O–H groups in total. The first-order valence-electron chi connectivity index (χ1n) is 8.31. The second-order valence-electron chi connectivity index (χ2n) is 5.74. The van der Waals surface area contributed by atoms with Crippen LogP contribution >= 0.6 is 0 Å². The fourth-order valence-corrected chi connectivity index (χ4v) is 2.67. The van der Waals surface area contributed by atoms with Crippen LogP contribution in [0.5, 0.6) is 0 Å². The van der Waals surface area contributed by atoms with Crippen LogP contribution in [0.4, 0.5) is 4.79 Å². The van der Waals surface area contributed by atoms with Crippen molar-refractivity contribution in [1.29, 1.82) is 0 Å². The molecule has 0 aliphatic heterocycles. The number of carbonyl (C=O) groups excluding carboxylic acids is 3. The Morgan fingerprint density at radius 3 is 2.19 bits per heavy atom. The topological polar surface area (TPSA) is 81.7 Å². The fraction of sp³-hybridized carbons (Fsp3) is 0.190. The maximum Gasteiger partial charge on any atom is 0.408 e. The molecule has 0 unspecified atom stereocenters. The van der Waals surface area contributed by atoms with Crippen LogP contribution in [0, 0.1) is 0 Å². The van der Waals surface area contributed by atoms with Crippen molar-refractivity contribution >= 4 is 17.8 Å². The predicted molar refractivity (Wildman–Crippen MR) is 100 cm³/mol. The molecule has 2 aromatic rings. The number of carbonyl (C=O) groups is 3. The molecule has 2 rings (SSSR count). The van der Waals surface area contributed by atoms with Gasteiger partial charge in [0.2, 0.25) is 0 Å². The largest absolute Gasteiger partial charge is 0.467 e. The zero-order chi connectivity index (χ0) is 19.7. The number of alkyl carbamates (subject to hydrolysis) is 1. The number of esters is 1. The smallest absolute Gasteiger partial charge is 0.408 e. The lowest BCUT2D eigenvalue weighted by Gasteiger charge is -2.31. The van der Waals surface area contributed by atoms with E-state index in [2.05, 4.69) is 11.9 Å². The van der Waals surface area contributed by atoms with Crippen LogP contribution in [-0.2, 0) is 19.8 Å². The number of benzene rings is 2. The molecule has 6 heteroatoms. The van der Waals surface area contributed by atoms with Crippen molar-refractivity contribution in [3.8, 4) is 0 Å². The predicted octanol–water partition coefficient (Wildman–Crippen LogP) is 3.24. The van der Waals surface area contributed by atoms with Crippen molar-refractivity contribution in [2.24, 2.45) is 0 Å². The summed E-state index contributed by atoms with van der Waals surface area (Å²) in [5.41, 5.74) is -0.888. The lowest BCUT2D eigenvalue weighted by molar-refractivity contribution is -0.148. The van der Waals surface area contributed by atoms with E-state index in [1.165, 1.54) is 13.2 Å². The third kappa shape index (κ3) is 4.82. The maximum atomic E-state index is 12.8. The summed E-state index contributed by atoms with van der Waals surface area (Å²) >= 11 is 0. The monoisotopic (exact) mass is 367 g/mol. The molecule has 0 aliphatic carbocycles. The van der Waals surface area contributed by atoms with Crippen LogP contribution in [0.2, 0.25) is 0 Å². The first kappa shape index (κ1) is 19.9. The Morgan fingerprint density at radius 1 is 1.04 bits per heavy atom. The Kier molecular flexibility index (Phi) is 6.88. The average molecular weight is 367 g/mol. The van der Waals surface area contributed by atoms with E-state index < -0.39 is 17.6 Å². The van der Waals surface area contributed by atoms with Gasteiger partial charge >= 0.3 is 12.1 Å². The van der Waals surface area contributed by atoms with Crippen LogP contribution in [0.3, 0.4) is 0 Å². The molecule has 0 heterocycles. The van der Waals surface area contributed by atoms with Gasteiger partial charge in [-0.1, -0.05) is 73.3 Å². The summed E-state index contributed by atoms with van der Waals surface area (Å²) in [6.45, 7) is 3.44. The molecule has 1 atom stereocenters. The van der Waals surface area contributed by atoms with E-state index in [1.807, 2.05) is 0 Å². The minimum Gasteiger partial charge on any atom is -0.467 e. The SMILES string of the molecule is C=CCOC(=O)N[C@](CC(=O)c1ccccc1)(C(=O)OC)c1ccccc1. The number of Topliss-reactive ketones (excluding diaryl/α,β-unsaturated/α-hetero) is 1. The number of hydrogen-bond acceptors (Lipinski definition) is 5. The third-order valence-electron chi connectivity index (χ3n) is 3.97. The second kappa shape index (κ2) is 9.33. The molecule has 0 saturated heterocycles. The minimum atomic E-state index is -1.72. The van der Waals surface area contributed by atoms with Gasteiger partial charge in [0.1, 0.15) is 6.61 Å². The van der Waals surface area contributed by atoms with Gasteiger partial charge in [0.25, 0.3) is 0 Å². The summed E-state index contributed by atoms with van der Waals surface area (Å²) in [5, 5.41) is 2.53. The Bertz CT molecular complexity index is 804. The Hall–Kier alpha value is -3.41. The van der Waals surface area contributed by atoms with Gasteiger partial charge in [-0.05, 0) is 5.56 Å². The summed E-state index contributed by atoms with van der Waals surface area (Å²) < 4.78 is 9.89. The molecule has 1 amide bonds. The normalized spacial score (nSPS) is 12.3. The molecule has 0 bridgehead atoms. The lowest BCUT2D eigenvalue weighted by Crippen LogP contribution is -2.53. The van der Waals surface area contributed by atoms with E-state index in [9.17, 15) is 14.4 Å². The number of methoxy groups -OCH3 is 1. The summed E-state index contributed by atoms with van der Waals surface area (Å²) in [6.07, 6.45) is 0.221. The van der Waals surface area contributed by atoms with E-state index in [4.69, 9.17) is 9.47 Å². The molecular weight excluding hydrogens is 346 g/mol. The fourth-order valence-electron chi connectivity index (χ4n) is 2.67. The molecule has 0 radical (unpaired) electrons. The van der Waals surface area contributed by atoms with Gasteiger partial charge in [0.05, 0.1) is 7.11 Å². The van der Waals surface area contributed by atoms with Crippen LogP contribution in [0.1, 0.15) is 22.3 Å². The zero-order valence-electron chi connectivity index (χ0n) is 15.0. The van der Waals surface area contributed by atoms with Crippen molar-refractivity contribution in [3.63, 3.8) is 0 Å². The van der Waals surface area contributed by atoms with Crippen molar-refractivity contribution in [1.82, 2.24) is 5.32 Å². The highest BCUT2D eigenvalue weighted by atomic mass is 16.6. The highest BCUT2D eigenvalue weighted by molar-refractivity contribution is 6.01. The van der Waals surface area contributed by atoms with E-state index in [1.54, 1.807) is 60.7 Å². The average Bonchev–Trinajstić information content (AvgIpc) is 2.72. The molecule has 0 fully saturated rings. The molecule has 140 valence electrons. The molecule has 0 spiro atoms. The number of rotatable bonds is 8. The number of ether oxygens (including phenoxy) is 2. The van der Waals surface area contributed by atoms with Gasteiger partial charge in [0, 0.05) is 12.0 Å².